The van der Waals surface area contributed by atoms with Gasteiger partial charge in [0.2, 0.25) is 5.91 Å². The number of carbonyl (C=O) groups is 1. The normalized spacial score (nSPS) is 12.5. The number of carbonyl (C=O) groups excluding carboxylic acids is 1. The zero-order chi connectivity index (χ0) is 18.6. The fraction of sp³-hybridized carbons (Fsp3) is 0.286. The van der Waals surface area contributed by atoms with Crippen molar-refractivity contribution in [2.24, 2.45) is 0 Å². The first-order valence-electron chi connectivity index (χ1n) is 9.40. The molecule has 2 aromatic heterocycles. The highest BCUT2D eigenvalue weighted by Crippen LogP contribution is 2.21. The maximum absolute atomic E-state index is 12.4. The number of nitrogens with zero attached hydrogens (tertiary/aromatic N) is 2. The van der Waals surface area contributed by atoms with Crippen LogP contribution in [0.4, 0.5) is 0 Å². The number of para-hydroxylation sites is 4. The Balaban J connectivity index is 1.63. The van der Waals surface area contributed by atoms with E-state index in [2.05, 4.69) is 32.2 Å². The lowest BCUT2D eigenvalue weighted by molar-refractivity contribution is -0.122. The molecule has 0 spiro atoms. The number of hydrogen-bond donors (Lipinski definition) is 3. The van der Waals surface area contributed by atoms with Crippen LogP contribution in [-0.2, 0) is 11.2 Å². The van der Waals surface area contributed by atoms with Crippen LogP contribution in [0.5, 0.6) is 0 Å². The van der Waals surface area contributed by atoms with E-state index in [1.54, 1.807) is 0 Å². The van der Waals surface area contributed by atoms with Crippen LogP contribution in [0.15, 0.2) is 48.5 Å². The van der Waals surface area contributed by atoms with Crippen LogP contribution in [0.1, 0.15) is 43.9 Å². The number of hydrogen-bond acceptors (Lipinski definition) is 3. The molecule has 2 aromatic carbocycles. The van der Waals surface area contributed by atoms with Crippen LogP contribution in [0.3, 0.4) is 0 Å². The molecule has 0 bridgehead atoms. The van der Waals surface area contributed by atoms with E-state index in [0.29, 0.717) is 12.8 Å². The molecule has 6 nitrogen and oxygen atoms in total. The Kier molecular flexibility index (Phi) is 4.87. The van der Waals surface area contributed by atoms with E-state index in [0.717, 1.165) is 46.6 Å². The highest BCUT2D eigenvalue weighted by Gasteiger charge is 2.20. The fourth-order valence-corrected chi connectivity index (χ4v) is 3.25. The molecule has 4 aromatic rings. The summed E-state index contributed by atoms with van der Waals surface area (Å²) in [6.45, 7) is 2.08. The predicted octanol–water partition coefficient (Wildman–Crippen LogP) is 4.03. The second-order valence-electron chi connectivity index (χ2n) is 6.77. The van der Waals surface area contributed by atoms with Gasteiger partial charge in [0.25, 0.3) is 0 Å². The van der Waals surface area contributed by atoms with E-state index in [1.807, 2.05) is 48.5 Å². The molecule has 0 aliphatic carbocycles. The Labute approximate surface area is 157 Å². The molecule has 1 atom stereocenters. The monoisotopic (exact) mass is 361 g/mol. The molecule has 6 heteroatoms. The lowest BCUT2D eigenvalue weighted by atomic mass is 10.1. The standard InChI is InChI=1S/C21H23N5O/c1-2-3-12-20(27)24-18(21-25-16-10-6-7-11-17(16)26-21)13-19-22-14-8-4-5-9-15(14)23-19/h4-11,18H,2-3,12-13H2,1H3,(H,22,23)(H,24,27)(H,25,26). The minimum absolute atomic E-state index is 0.0402. The molecule has 0 fully saturated rings. The summed E-state index contributed by atoms with van der Waals surface area (Å²) < 4.78 is 0. The number of nitrogens with one attached hydrogen (secondary N) is 3. The van der Waals surface area contributed by atoms with E-state index >= 15 is 0 Å². The van der Waals surface area contributed by atoms with Crippen molar-refractivity contribution in [3.8, 4) is 0 Å². The zero-order valence-corrected chi connectivity index (χ0v) is 15.3. The number of H-pyrrole nitrogens is 2. The first kappa shape index (κ1) is 17.3. The van der Waals surface area contributed by atoms with Gasteiger partial charge in [0.1, 0.15) is 11.6 Å². The summed E-state index contributed by atoms with van der Waals surface area (Å²) in [5.74, 6) is 1.62. The van der Waals surface area contributed by atoms with Gasteiger partial charge in [0, 0.05) is 12.8 Å². The van der Waals surface area contributed by atoms with Crippen molar-refractivity contribution in [3.63, 3.8) is 0 Å². The summed E-state index contributed by atoms with van der Waals surface area (Å²) >= 11 is 0. The topological polar surface area (TPSA) is 86.5 Å². The van der Waals surface area contributed by atoms with E-state index in [1.165, 1.54) is 0 Å². The Morgan fingerprint density at radius 2 is 1.67 bits per heavy atom. The highest BCUT2D eigenvalue weighted by molar-refractivity contribution is 5.78. The van der Waals surface area contributed by atoms with Crippen molar-refractivity contribution in [1.82, 2.24) is 25.3 Å². The summed E-state index contributed by atoms with van der Waals surface area (Å²) in [6.07, 6.45) is 2.94. The van der Waals surface area contributed by atoms with Crippen molar-refractivity contribution >= 4 is 28.0 Å². The number of imidazole rings is 2. The van der Waals surface area contributed by atoms with Crippen LogP contribution in [-0.4, -0.2) is 25.8 Å². The van der Waals surface area contributed by atoms with Crippen molar-refractivity contribution in [3.05, 3.63) is 60.2 Å². The van der Waals surface area contributed by atoms with Crippen molar-refractivity contribution in [2.45, 2.75) is 38.6 Å². The van der Waals surface area contributed by atoms with Crippen LogP contribution < -0.4 is 5.32 Å². The number of rotatable bonds is 7. The molecule has 0 aliphatic heterocycles. The molecule has 0 saturated carbocycles. The van der Waals surface area contributed by atoms with Gasteiger partial charge in [0.15, 0.2) is 0 Å². The van der Waals surface area contributed by atoms with Gasteiger partial charge in [-0.25, -0.2) is 9.97 Å². The molecule has 138 valence electrons. The molecule has 0 saturated heterocycles. The van der Waals surface area contributed by atoms with E-state index in [4.69, 9.17) is 0 Å². The molecule has 27 heavy (non-hydrogen) atoms. The largest absolute Gasteiger partial charge is 0.346 e. The van der Waals surface area contributed by atoms with Gasteiger partial charge >= 0.3 is 0 Å². The third kappa shape index (κ3) is 3.84. The van der Waals surface area contributed by atoms with Crippen LogP contribution >= 0.6 is 0 Å². The zero-order valence-electron chi connectivity index (χ0n) is 15.3. The first-order valence-corrected chi connectivity index (χ1v) is 9.40. The maximum Gasteiger partial charge on any atom is 0.220 e. The van der Waals surface area contributed by atoms with Crippen molar-refractivity contribution < 1.29 is 4.79 Å². The molecule has 1 unspecified atom stereocenters. The summed E-state index contributed by atoms with van der Waals surface area (Å²) in [5.41, 5.74) is 3.77. The van der Waals surface area contributed by atoms with Crippen LogP contribution in [0, 0.1) is 0 Å². The van der Waals surface area contributed by atoms with Crippen molar-refractivity contribution in [1.29, 1.82) is 0 Å². The second-order valence-corrected chi connectivity index (χ2v) is 6.77. The van der Waals surface area contributed by atoms with E-state index < -0.39 is 0 Å². The lowest BCUT2D eigenvalue weighted by Gasteiger charge is -2.15. The quantitative estimate of drug-likeness (QED) is 0.464. The van der Waals surface area contributed by atoms with Crippen molar-refractivity contribution in [2.75, 3.05) is 0 Å². The number of unbranched alkanes of at least 4 members (excludes halogenated alkanes) is 1. The number of aromatic nitrogens is 4. The third-order valence-electron chi connectivity index (χ3n) is 4.67. The fourth-order valence-electron chi connectivity index (χ4n) is 3.25. The predicted molar refractivity (Wildman–Crippen MR) is 106 cm³/mol. The van der Waals surface area contributed by atoms with Gasteiger partial charge in [-0.05, 0) is 30.7 Å². The molecular weight excluding hydrogens is 338 g/mol. The lowest BCUT2D eigenvalue weighted by Crippen LogP contribution is -2.30. The average Bonchev–Trinajstić information content (AvgIpc) is 3.29. The number of aromatic amines is 2. The molecular formula is C21H23N5O. The Hall–Kier alpha value is -3.15. The summed E-state index contributed by atoms with van der Waals surface area (Å²) in [7, 11) is 0. The first-order chi connectivity index (χ1) is 13.2. The molecule has 0 aliphatic rings. The van der Waals surface area contributed by atoms with Gasteiger partial charge in [-0.1, -0.05) is 37.6 Å². The highest BCUT2D eigenvalue weighted by atomic mass is 16.1. The minimum Gasteiger partial charge on any atom is -0.346 e. The van der Waals surface area contributed by atoms with Gasteiger partial charge in [-0.15, -0.1) is 0 Å². The van der Waals surface area contributed by atoms with Gasteiger partial charge in [-0.2, -0.15) is 0 Å². The van der Waals surface area contributed by atoms with E-state index in [9.17, 15) is 4.79 Å². The SMILES string of the molecule is CCCCC(=O)NC(Cc1nc2ccccc2[nH]1)c1nc2ccccc2[nH]1. The van der Waals surface area contributed by atoms with Crippen LogP contribution in [0.25, 0.3) is 22.1 Å². The molecule has 2 heterocycles. The maximum atomic E-state index is 12.4. The Morgan fingerprint density at radius 3 is 2.33 bits per heavy atom. The summed E-state index contributed by atoms with van der Waals surface area (Å²) in [6, 6.07) is 15.5. The Morgan fingerprint density at radius 1 is 1.00 bits per heavy atom. The molecule has 0 radical (unpaired) electrons. The molecule has 1 amide bonds. The van der Waals surface area contributed by atoms with Gasteiger partial charge in [0.05, 0.1) is 28.1 Å². The van der Waals surface area contributed by atoms with Gasteiger partial charge in [-0.3, -0.25) is 4.79 Å². The third-order valence-corrected chi connectivity index (χ3v) is 4.67. The average molecular weight is 361 g/mol. The van der Waals surface area contributed by atoms with Crippen LogP contribution in [0.2, 0.25) is 0 Å². The second kappa shape index (κ2) is 7.61. The Bertz CT molecular complexity index is 999. The molecule has 3 N–H and O–H groups in total. The van der Waals surface area contributed by atoms with E-state index in [-0.39, 0.29) is 11.9 Å². The minimum atomic E-state index is -0.262. The number of fused-ring (bicyclic) bond motifs is 2. The summed E-state index contributed by atoms with van der Waals surface area (Å²) in [5, 5.41) is 3.13. The summed E-state index contributed by atoms with van der Waals surface area (Å²) in [4.78, 5) is 28.4. The molecule has 4 rings (SSSR count). The smallest absolute Gasteiger partial charge is 0.220 e. The number of amides is 1. The number of benzene rings is 2. The van der Waals surface area contributed by atoms with Gasteiger partial charge < -0.3 is 15.3 Å².